The molecule has 3 aliphatic rings. The van der Waals surface area contributed by atoms with Crippen molar-refractivity contribution in [3.63, 3.8) is 0 Å². The topological polar surface area (TPSA) is 57.9 Å². The Morgan fingerprint density at radius 1 is 1.16 bits per heavy atom. The van der Waals surface area contributed by atoms with Crippen molar-refractivity contribution in [3.8, 4) is 0 Å². The van der Waals surface area contributed by atoms with E-state index >= 15 is 0 Å². The molecule has 6 heteroatoms. The van der Waals surface area contributed by atoms with E-state index in [0.29, 0.717) is 35.9 Å². The molecule has 0 radical (unpaired) electrons. The van der Waals surface area contributed by atoms with Crippen molar-refractivity contribution >= 4 is 17.3 Å². The molecule has 0 spiro atoms. The summed E-state index contributed by atoms with van der Waals surface area (Å²) in [5, 5.41) is 4.30. The van der Waals surface area contributed by atoms with E-state index < -0.39 is 0 Å². The van der Waals surface area contributed by atoms with Crippen molar-refractivity contribution in [1.29, 1.82) is 0 Å². The number of carbonyl (C=O) groups excluding carboxylic acids is 2. The molecule has 6 nitrogen and oxygen atoms in total. The molecule has 0 saturated carbocycles. The number of fused-ring (bicyclic) bond motifs is 5. The molecule has 3 atom stereocenters. The number of rotatable bonds is 1. The third kappa shape index (κ3) is 2.34. The second-order valence-corrected chi connectivity index (χ2v) is 7.66. The molecule has 2 amide bonds. The predicted octanol–water partition coefficient (Wildman–Crippen LogP) is 1.81. The highest BCUT2D eigenvalue weighted by atomic mass is 16.2. The number of nitrogens with zero attached hydrogens (tertiary/aromatic N) is 4. The maximum absolute atomic E-state index is 13.2. The number of aromatic nitrogens is 2. The van der Waals surface area contributed by atoms with Crippen LogP contribution in [0.15, 0.2) is 30.5 Å². The molecule has 130 valence electrons. The molecule has 3 fully saturated rings. The van der Waals surface area contributed by atoms with Crippen LogP contribution in [0.4, 0.5) is 0 Å². The SMILES string of the molecule is O=C(c1cccc2ccnn12)N1CC2CC(C1)[C@@H]1CCCC(=O)N1C2. The fourth-order valence-corrected chi connectivity index (χ4v) is 5.05. The van der Waals surface area contributed by atoms with Crippen LogP contribution in [0.2, 0.25) is 0 Å². The summed E-state index contributed by atoms with van der Waals surface area (Å²) in [7, 11) is 0. The van der Waals surface area contributed by atoms with Crippen molar-refractivity contribution < 1.29 is 9.59 Å². The standard InChI is InChI=1S/C19H22N4O2/c24-18-6-2-4-16-14-9-13(11-22(16)18)10-21(12-14)19(25)17-5-1-3-15-7-8-20-23(15)17/h1,3,5,7-8,13-14,16H,2,4,6,9-12H2/t13?,14?,16-/m0/s1. The van der Waals surface area contributed by atoms with Crippen LogP contribution in [0, 0.1) is 11.8 Å². The van der Waals surface area contributed by atoms with Gasteiger partial charge in [0.05, 0.1) is 11.7 Å². The van der Waals surface area contributed by atoms with Crippen LogP contribution in [0.5, 0.6) is 0 Å². The minimum atomic E-state index is 0.0552. The molecule has 0 aliphatic carbocycles. The lowest BCUT2D eigenvalue weighted by Crippen LogP contribution is -2.61. The van der Waals surface area contributed by atoms with Crippen LogP contribution in [-0.2, 0) is 4.79 Å². The zero-order valence-electron chi connectivity index (χ0n) is 14.2. The largest absolute Gasteiger partial charge is 0.339 e. The van der Waals surface area contributed by atoms with E-state index in [0.717, 1.165) is 44.4 Å². The molecule has 5 heterocycles. The van der Waals surface area contributed by atoms with Gasteiger partial charge in [-0.15, -0.1) is 0 Å². The van der Waals surface area contributed by atoms with Gasteiger partial charge in [0.15, 0.2) is 0 Å². The van der Waals surface area contributed by atoms with Crippen LogP contribution < -0.4 is 0 Å². The number of likely N-dealkylation sites (tertiary alicyclic amines) is 1. The summed E-state index contributed by atoms with van der Waals surface area (Å²) in [4.78, 5) is 29.5. The van der Waals surface area contributed by atoms with E-state index in [2.05, 4.69) is 10.00 Å². The van der Waals surface area contributed by atoms with E-state index in [1.54, 1.807) is 10.7 Å². The van der Waals surface area contributed by atoms with Gasteiger partial charge in [-0.3, -0.25) is 9.59 Å². The van der Waals surface area contributed by atoms with Crippen LogP contribution >= 0.6 is 0 Å². The molecule has 5 rings (SSSR count). The van der Waals surface area contributed by atoms with Gasteiger partial charge >= 0.3 is 0 Å². The minimum absolute atomic E-state index is 0.0552. The van der Waals surface area contributed by atoms with Gasteiger partial charge in [0.25, 0.3) is 5.91 Å². The maximum Gasteiger partial charge on any atom is 0.272 e. The molecule has 2 aromatic heterocycles. The number of carbonyl (C=O) groups is 2. The summed E-state index contributed by atoms with van der Waals surface area (Å²) < 4.78 is 1.73. The monoisotopic (exact) mass is 338 g/mol. The van der Waals surface area contributed by atoms with Gasteiger partial charge in [0.2, 0.25) is 5.91 Å². The first kappa shape index (κ1) is 14.9. The summed E-state index contributed by atoms with van der Waals surface area (Å²) in [6.07, 6.45) is 5.63. The Morgan fingerprint density at radius 2 is 2.08 bits per heavy atom. The lowest BCUT2D eigenvalue weighted by atomic mass is 9.76. The molecule has 2 bridgehead atoms. The summed E-state index contributed by atoms with van der Waals surface area (Å²) in [5.74, 6) is 1.18. The summed E-state index contributed by atoms with van der Waals surface area (Å²) in [5.41, 5.74) is 1.56. The van der Waals surface area contributed by atoms with Crippen molar-refractivity contribution in [1.82, 2.24) is 19.4 Å². The summed E-state index contributed by atoms with van der Waals surface area (Å²) in [6, 6.07) is 7.96. The minimum Gasteiger partial charge on any atom is -0.339 e. The number of pyridine rings is 1. The van der Waals surface area contributed by atoms with Crippen LogP contribution in [0.3, 0.4) is 0 Å². The van der Waals surface area contributed by atoms with E-state index in [4.69, 9.17) is 0 Å². The van der Waals surface area contributed by atoms with Crippen LogP contribution in [0.1, 0.15) is 36.2 Å². The van der Waals surface area contributed by atoms with Crippen LogP contribution in [0.25, 0.3) is 5.52 Å². The number of hydrogen-bond donors (Lipinski definition) is 0. The van der Waals surface area contributed by atoms with Crippen molar-refractivity contribution in [2.45, 2.75) is 31.7 Å². The average Bonchev–Trinajstić information content (AvgIpc) is 3.11. The Hall–Kier alpha value is -2.37. The van der Waals surface area contributed by atoms with Gasteiger partial charge < -0.3 is 9.80 Å². The van der Waals surface area contributed by atoms with E-state index in [1.165, 1.54) is 0 Å². The molecule has 3 saturated heterocycles. The summed E-state index contributed by atoms with van der Waals surface area (Å²) >= 11 is 0. The Morgan fingerprint density at radius 3 is 3.00 bits per heavy atom. The third-order valence-electron chi connectivity index (χ3n) is 6.11. The van der Waals surface area contributed by atoms with Gasteiger partial charge in [-0.25, -0.2) is 4.52 Å². The molecule has 3 aliphatic heterocycles. The van der Waals surface area contributed by atoms with Crippen LogP contribution in [-0.4, -0.2) is 56.9 Å². The van der Waals surface area contributed by atoms with E-state index in [-0.39, 0.29) is 5.91 Å². The Kier molecular flexibility index (Phi) is 3.33. The molecule has 0 N–H and O–H groups in total. The second-order valence-electron chi connectivity index (χ2n) is 7.66. The second kappa shape index (κ2) is 5.58. The van der Waals surface area contributed by atoms with E-state index in [9.17, 15) is 9.59 Å². The van der Waals surface area contributed by atoms with Gasteiger partial charge in [0, 0.05) is 32.1 Å². The number of piperidine rings is 3. The first-order valence-electron chi connectivity index (χ1n) is 9.22. The van der Waals surface area contributed by atoms with Gasteiger partial charge in [-0.05, 0) is 49.3 Å². The molecular formula is C19H22N4O2. The fraction of sp³-hybridized carbons (Fsp3) is 0.526. The highest BCUT2D eigenvalue weighted by molar-refractivity contribution is 5.93. The first-order valence-corrected chi connectivity index (χ1v) is 9.22. The Labute approximate surface area is 146 Å². The molecule has 25 heavy (non-hydrogen) atoms. The molecular weight excluding hydrogens is 316 g/mol. The normalized spacial score (nSPS) is 29.0. The quantitative estimate of drug-likeness (QED) is 0.797. The number of hydrogen-bond acceptors (Lipinski definition) is 3. The first-order chi connectivity index (χ1) is 12.2. The zero-order valence-corrected chi connectivity index (χ0v) is 14.2. The molecule has 0 aromatic carbocycles. The summed E-state index contributed by atoms with van der Waals surface area (Å²) in [6.45, 7) is 2.31. The van der Waals surface area contributed by atoms with Gasteiger partial charge in [0.1, 0.15) is 5.69 Å². The van der Waals surface area contributed by atoms with Gasteiger partial charge in [-0.2, -0.15) is 5.10 Å². The van der Waals surface area contributed by atoms with Crippen molar-refractivity contribution in [3.05, 3.63) is 36.2 Å². The highest BCUT2D eigenvalue weighted by Gasteiger charge is 2.45. The third-order valence-corrected chi connectivity index (χ3v) is 6.11. The van der Waals surface area contributed by atoms with Gasteiger partial charge in [-0.1, -0.05) is 6.07 Å². The molecule has 2 aromatic rings. The lowest BCUT2D eigenvalue weighted by molar-refractivity contribution is -0.144. The fourth-order valence-electron chi connectivity index (χ4n) is 5.05. The number of amides is 2. The zero-order chi connectivity index (χ0) is 17.0. The maximum atomic E-state index is 13.2. The predicted molar refractivity (Wildman–Crippen MR) is 92.0 cm³/mol. The highest BCUT2D eigenvalue weighted by Crippen LogP contribution is 2.38. The van der Waals surface area contributed by atoms with Crippen molar-refractivity contribution in [2.75, 3.05) is 19.6 Å². The van der Waals surface area contributed by atoms with Crippen molar-refractivity contribution in [2.24, 2.45) is 11.8 Å². The molecule has 2 unspecified atom stereocenters. The Bertz CT molecular complexity index is 845. The average molecular weight is 338 g/mol. The Balaban J connectivity index is 1.42. The smallest absolute Gasteiger partial charge is 0.272 e. The van der Waals surface area contributed by atoms with E-state index in [1.807, 2.05) is 29.2 Å². The lowest BCUT2D eigenvalue weighted by Gasteiger charge is -2.52.